The molecule has 0 aromatic carbocycles. The number of hydrogen-bond donors (Lipinski definition) is 2. The molecule has 1 aliphatic heterocycles. The first-order valence-electron chi connectivity index (χ1n) is 5.81. The van der Waals surface area contributed by atoms with Crippen LogP contribution in [-0.2, 0) is 9.53 Å². The first-order chi connectivity index (χ1) is 7.46. The third-order valence-corrected chi connectivity index (χ3v) is 3.14. The van der Waals surface area contributed by atoms with Crippen molar-refractivity contribution in [3.63, 3.8) is 0 Å². The fraction of sp³-hybridized carbons (Fsp3) is 0.909. The molecule has 1 amide bonds. The van der Waals surface area contributed by atoms with E-state index in [2.05, 4.69) is 24.1 Å². The molecule has 0 bridgehead atoms. The van der Waals surface area contributed by atoms with Gasteiger partial charge in [-0.3, -0.25) is 4.79 Å². The normalized spacial score (nSPS) is 25.4. The standard InChI is InChI=1S/C11H23N3O2/c1-9(2)14(3)6-5-13-10(15)11(12)4-7-16-8-11/h9H,4-8,12H2,1-3H3,(H,13,15). The second-order valence-corrected chi connectivity index (χ2v) is 4.79. The smallest absolute Gasteiger partial charge is 0.242 e. The number of carbonyl (C=O) groups is 1. The Morgan fingerprint density at radius 2 is 2.31 bits per heavy atom. The van der Waals surface area contributed by atoms with Crippen LogP contribution >= 0.6 is 0 Å². The summed E-state index contributed by atoms with van der Waals surface area (Å²) < 4.78 is 5.15. The number of rotatable bonds is 5. The van der Waals surface area contributed by atoms with Gasteiger partial charge in [0.1, 0.15) is 5.54 Å². The van der Waals surface area contributed by atoms with Crippen LogP contribution in [0.25, 0.3) is 0 Å². The molecular weight excluding hydrogens is 206 g/mol. The molecule has 16 heavy (non-hydrogen) atoms. The van der Waals surface area contributed by atoms with E-state index in [1.54, 1.807) is 0 Å². The third-order valence-electron chi connectivity index (χ3n) is 3.14. The van der Waals surface area contributed by atoms with Crippen molar-refractivity contribution < 1.29 is 9.53 Å². The van der Waals surface area contributed by atoms with E-state index in [0.29, 0.717) is 32.2 Å². The van der Waals surface area contributed by atoms with Crippen molar-refractivity contribution in [3.05, 3.63) is 0 Å². The Kier molecular flexibility index (Phi) is 4.70. The highest BCUT2D eigenvalue weighted by Gasteiger charge is 2.37. The minimum Gasteiger partial charge on any atom is -0.379 e. The molecule has 1 atom stereocenters. The van der Waals surface area contributed by atoms with Crippen LogP contribution in [0.15, 0.2) is 0 Å². The van der Waals surface area contributed by atoms with Crippen LogP contribution in [0.2, 0.25) is 0 Å². The van der Waals surface area contributed by atoms with Crippen LogP contribution in [-0.4, -0.2) is 55.7 Å². The molecule has 1 fully saturated rings. The number of nitrogens with one attached hydrogen (secondary N) is 1. The van der Waals surface area contributed by atoms with Crippen molar-refractivity contribution >= 4 is 5.91 Å². The maximum Gasteiger partial charge on any atom is 0.242 e. The van der Waals surface area contributed by atoms with E-state index in [-0.39, 0.29) is 5.91 Å². The SMILES string of the molecule is CC(C)N(C)CCNC(=O)C1(N)CCOC1. The predicted octanol–water partition coefficient (Wildman–Crippen LogP) is -0.439. The van der Waals surface area contributed by atoms with Crippen LogP contribution in [0, 0.1) is 0 Å². The van der Waals surface area contributed by atoms with Gasteiger partial charge >= 0.3 is 0 Å². The lowest BCUT2D eigenvalue weighted by molar-refractivity contribution is -0.126. The molecule has 0 radical (unpaired) electrons. The molecule has 0 aliphatic carbocycles. The lowest BCUT2D eigenvalue weighted by atomic mass is 9.99. The Bertz CT molecular complexity index is 237. The summed E-state index contributed by atoms with van der Waals surface area (Å²) in [6.07, 6.45) is 0.610. The van der Waals surface area contributed by atoms with Gasteiger partial charge in [-0.25, -0.2) is 0 Å². The van der Waals surface area contributed by atoms with E-state index in [9.17, 15) is 4.79 Å². The fourth-order valence-electron chi connectivity index (χ4n) is 1.54. The number of nitrogens with two attached hydrogens (primary N) is 1. The van der Waals surface area contributed by atoms with Gasteiger partial charge in [0.2, 0.25) is 5.91 Å². The van der Waals surface area contributed by atoms with Crippen LogP contribution in [0.3, 0.4) is 0 Å². The summed E-state index contributed by atoms with van der Waals surface area (Å²) >= 11 is 0. The van der Waals surface area contributed by atoms with E-state index in [1.165, 1.54) is 0 Å². The van der Waals surface area contributed by atoms with Crippen molar-refractivity contribution in [2.45, 2.75) is 31.8 Å². The first kappa shape index (κ1) is 13.4. The zero-order valence-electron chi connectivity index (χ0n) is 10.5. The van der Waals surface area contributed by atoms with E-state index in [0.717, 1.165) is 6.54 Å². The van der Waals surface area contributed by atoms with Gasteiger partial charge in [0.15, 0.2) is 0 Å². The highest BCUT2D eigenvalue weighted by Crippen LogP contribution is 2.15. The van der Waals surface area contributed by atoms with E-state index < -0.39 is 5.54 Å². The topological polar surface area (TPSA) is 67.6 Å². The minimum atomic E-state index is -0.809. The molecule has 0 spiro atoms. The zero-order valence-corrected chi connectivity index (χ0v) is 10.5. The molecule has 0 aromatic rings. The quantitative estimate of drug-likeness (QED) is 0.671. The average Bonchev–Trinajstić information content (AvgIpc) is 2.66. The third kappa shape index (κ3) is 3.43. The lowest BCUT2D eigenvalue weighted by Gasteiger charge is -2.24. The summed E-state index contributed by atoms with van der Waals surface area (Å²) in [5.74, 6) is -0.0952. The number of likely N-dealkylation sites (N-methyl/N-ethyl adjacent to an activating group) is 1. The van der Waals surface area contributed by atoms with Crippen LogP contribution in [0.1, 0.15) is 20.3 Å². The summed E-state index contributed by atoms with van der Waals surface area (Å²) in [5, 5.41) is 2.87. The monoisotopic (exact) mass is 229 g/mol. The Morgan fingerprint density at radius 1 is 1.62 bits per heavy atom. The van der Waals surface area contributed by atoms with Crippen LogP contribution < -0.4 is 11.1 Å². The molecule has 3 N–H and O–H groups in total. The molecule has 1 unspecified atom stereocenters. The average molecular weight is 229 g/mol. The number of amides is 1. The summed E-state index contributed by atoms with van der Waals surface area (Å²) in [6, 6.07) is 0.485. The summed E-state index contributed by atoms with van der Waals surface area (Å²) in [7, 11) is 2.04. The van der Waals surface area contributed by atoms with Gasteiger partial charge in [0, 0.05) is 25.7 Å². The maximum absolute atomic E-state index is 11.8. The van der Waals surface area contributed by atoms with Crippen LogP contribution in [0.4, 0.5) is 0 Å². The van der Waals surface area contributed by atoms with E-state index in [4.69, 9.17) is 10.5 Å². The van der Waals surface area contributed by atoms with Gasteiger partial charge < -0.3 is 20.7 Å². The van der Waals surface area contributed by atoms with Crippen molar-refractivity contribution in [2.24, 2.45) is 5.73 Å². The predicted molar refractivity (Wildman–Crippen MR) is 63.1 cm³/mol. The molecular formula is C11H23N3O2. The minimum absolute atomic E-state index is 0.0952. The highest BCUT2D eigenvalue weighted by molar-refractivity contribution is 5.86. The largest absolute Gasteiger partial charge is 0.379 e. The van der Waals surface area contributed by atoms with Crippen LogP contribution in [0.5, 0.6) is 0 Å². The second kappa shape index (κ2) is 5.61. The molecule has 0 aromatic heterocycles. The Morgan fingerprint density at radius 3 is 2.81 bits per heavy atom. The fourth-order valence-corrected chi connectivity index (χ4v) is 1.54. The number of carbonyl (C=O) groups excluding carboxylic acids is 1. The zero-order chi connectivity index (χ0) is 12.2. The molecule has 94 valence electrons. The Hall–Kier alpha value is -0.650. The van der Waals surface area contributed by atoms with Gasteiger partial charge in [0.05, 0.1) is 6.61 Å². The highest BCUT2D eigenvalue weighted by atomic mass is 16.5. The van der Waals surface area contributed by atoms with E-state index in [1.807, 2.05) is 7.05 Å². The molecule has 1 heterocycles. The van der Waals surface area contributed by atoms with Gasteiger partial charge in [-0.2, -0.15) is 0 Å². The number of hydrogen-bond acceptors (Lipinski definition) is 4. The number of nitrogens with zero attached hydrogens (tertiary/aromatic N) is 1. The molecule has 5 heteroatoms. The molecule has 0 saturated carbocycles. The number of ether oxygens (including phenoxy) is 1. The molecule has 1 rings (SSSR count). The summed E-state index contributed by atoms with van der Waals surface area (Å²) in [6.45, 7) is 6.62. The lowest BCUT2D eigenvalue weighted by Crippen LogP contribution is -2.55. The van der Waals surface area contributed by atoms with Crippen molar-refractivity contribution in [1.82, 2.24) is 10.2 Å². The van der Waals surface area contributed by atoms with E-state index >= 15 is 0 Å². The molecule has 1 saturated heterocycles. The molecule has 5 nitrogen and oxygen atoms in total. The van der Waals surface area contributed by atoms with Gasteiger partial charge in [-0.05, 0) is 27.3 Å². The first-order valence-corrected chi connectivity index (χ1v) is 5.81. The van der Waals surface area contributed by atoms with Gasteiger partial charge in [-0.1, -0.05) is 0 Å². The van der Waals surface area contributed by atoms with Gasteiger partial charge in [-0.15, -0.1) is 0 Å². The summed E-state index contributed by atoms with van der Waals surface area (Å²) in [5.41, 5.74) is 5.12. The Balaban J connectivity index is 2.25. The van der Waals surface area contributed by atoms with Crippen molar-refractivity contribution in [1.29, 1.82) is 0 Å². The summed E-state index contributed by atoms with van der Waals surface area (Å²) in [4.78, 5) is 14.0. The second-order valence-electron chi connectivity index (χ2n) is 4.79. The van der Waals surface area contributed by atoms with Crippen molar-refractivity contribution in [2.75, 3.05) is 33.4 Å². The van der Waals surface area contributed by atoms with Crippen molar-refractivity contribution in [3.8, 4) is 0 Å². The Labute approximate surface area is 97.3 Å². The van der Waals surface area contributed by atoms with Gasteiger partial charge in [0.25, 0.3) is 0 Å². The molecule has 1 aliphatic rings. The maximum atomic E-state index is 11.8.